The second-order valence-electron chi connectivity index (χ2n) is 3.20. The van der Waals surface area contributed by atoms with E-state index in [1.165, 1.54) is 11.1 Å². The molecule has 1 N–H and O–H groups in total. The van der Waals surface area contributed by atoms with Gasteiger partial charge in [-0.3, -0.25) is 0 Å². The summed E-state index contributed by atoms with van der Waals surface area (Å²) in [4.78, 5) is 0. The summed E-state index contributed by atoms with van der Waals surface area (Å²) in [6.45, 7) is 9.58. The molecular formula is C11H14O. The van der Waals surface area contributed by atoms with E-state index in [0.29, 0.717) is 0 Å². The number of aliphatic hydroxyl groups excluding tert-OH is 1. The number of aliphatic hydroxyl groups is 1. The molecular weight excluding hydrogens is 148 g/mol. The van der Waals surface area contributed by atoms with Crippen molar-refractivity contribution in [3.63, 3.8) is 0 Å². The van der Waals surface area contributed by atoms with Crippen LogP contribution in [0.1, 0.15) is 22.3 Å². The quantitative estimate of drug-likeness (QED) is 0.629. The van der Waals surface area contributed by atoms with E-state index < -0.39 is 0 Å². The molecule has 0 fully saturated rings. The van der Waals surface area contributed by atoms with Crippen LogP contribution in [0.25, 0.3) is 5.76 Å². The van der Waals surface area contributed by atoms with Crippen LogP contribution < -0.4 is 0 Å². The molecule has 0 saturated heterocycles. The fourth-order valence-electron chi connectivity index (χ4n) is 1.27. The van der Waals surface area contributed by atoms with Crippen molar-refractivity contribution in [2.45, 2.75) is 20.8 Å². The smallest absolute Gasteiger partial charge is 0.115 e. The molecule has 0 unspecified atom stereocenters. The lowest BCUT2D eigenvalue weighted by molar-refractivity contribution is 0.513. The first kappa shape index (κ1) is 8.85. The Hall–Kier alpha value is -1.24. The molecule has 0 amide bonds. The van der Waals surface area contributed by atoms with Crippen molar-refractivity contribution in [1.82, 2.24) is 0 Å². The lowest BCUT2D eigenvalue weighted by Crippen LogP contribution is -1.90. The zero-order valence-corrected chi connectivity index (χ0v) is 7.81. The Bertz CT molecular complexity index is 324. The molecule has 64 valence electrons. The Morgan fingerprint density at radius 3 is 2.08 bits per heavy atom. The highest BCUT2D eigenvalue weighted by Crippen LogP contribution is 2.19. The molecule has 1 aromatic carbocycles. The number of hydrogen-bond donors (Lipinski definition) is 1. The van der Waals surface area contributed by atoms with Crippen LogP contribution >= 0.6 is 0 Å². The molecule has 0 saturated carbocycles. The van der Waals surface area contributed by atoms with Crippen LogP contribution in [-0.4, -0.2) is 5.11 Å². The van der Waals surface area contributed by atoms with Crippen molar-refractivity contribution >= 4 is 5.76 Å². The fourth-order valence-corrected chi connectivity index (χ4v) is 1.27. The Labute approximate surface area is 73.4 Å². The highest BCUT2D eigenvalue weighted by atomic mass is 16.3. The minimum absolute atomic E-state index is 0.149. The van der Waals surface area contributed by atoms with E-state index in [2.05, 4.69) is 19.6 Å². The molecule has 0 bridgehead atoms. The number of aryl methyl sites for hydroxylation is 3. The Kier molecular flexibility index (Phi) is 2.22. The van der Waals surface area contributed by atoms with Gasteiger partial charge < -0.3 is 5.11 Å². The van der Waals surface area contributed by atoms with Crippen LogP contribution in [0, 0.1) is 20.8 Å². The van der Waals surface area contributed by atoms with E-state index in [1.54, 1.807) is 0 Å². The van der Waals surface area contributed by atoms with Gasteiger partial charge in [0.25, 0.3) is 0 Å². The third-order valence-electron chi connectivity index (χ3n) is 2.15. The lowest BCUT2D eigenvalue weighted by atomic mass is 10.0. The first-order valence-electron chi connectivity index (χ1n) is 3.98. The van der Waals surface area contributed by atoms with Gasteiger partial charge in [-0.2, -0.15) is 0 Å². The summed E-state index contributed by atoms with van der Waals surface area (Å²) in [5, 5.41) is 9.23. The Morgan fingerprint density at radius 1 is 1.08 bits per heavy atom. The summed E-state index contributed by atoms with van der Waals surface area (Å²) in [5.41, 5.74) is 4.35. The number of benzene rings is 1. The summed E-state index contributed by atoms with van der Waals surface area (Å²) >= 11 is 0. The van der Waals surface area contributed by atoms with Crippen LogP contribution in [0.4, 0.5) is 0 Å². The van der Waals surface area contributed by atoms with Gasteiger partial charge in [0, 0.05) is 5.56 Å². The van der Waals surface area contributed by atoms with Crippen molar-refractivity contribution in [2.75, 3.05) is 0 Å². The second-order valence-corrected chi connectivity index (χ2v) is 3.20. The Morgan fingerprint density at radius 2 is 1.58 bits per heavy atom. The lowest BCUT2D eigenvalue weighted by Gasteiger charge is -2.07. The van der Waals surface area contributed by atoms with Gasteiger partial charge in [-0.15, -0.1) is 0 Å². The van der Waals surface area contributed by atoms with Gasteiger partial charge in [0.05, 0.1) is 0 Å². The molecule has 0 spiro atoms. The average Bonchev–Trinajstić information content (AvgIpc) is 1.96. The van der Waals surface area contributed by atoms with Gasteiger partial charge in [-0.1, -0.05) is 12.6 Å². The Balaban J connectivity index is 3.33. The van der Waals surface area contributed by atoms with Gasteiger partial charge in [0.2, 0.25) is 0 Å². The van der Waals surface area contributed by atoms with Crippen molar-refractivity contribution in [2.24, 2.45) is 0 Å². The van der Waals surface area contributed by atoms with Gasteiger partial charge in [-0.25, -0.2) is 0 Å². The summed E-state index contributed by atoms with van der Waals surface area (Å²) in [5.74, 6) is 0.149. The maximum Gasteiger partial charge on any atom is 0.115 e. The molecule has 1 nitrogen and oxygen atoms in total. The molecule has 0 aliphatic rings. The first-order valence-corrected chi connectivity index (χ1v) is 3.98. The van der Waals surface area contributed by atoms with Crippen molar-refractivity contribution in [3.8, 4) is 0 Å². The third-order valence-corrected chi connectivity index (χ3v) is 2.15. The van der Waals surface area contributed by atoms with Gasteiger partial charge in [-0.05, 0) is 43.5 Å². The normalized spacial score (nSPS) is 9.92. The van der Waals surface area contributed by atoms with Crippen LogP contribution in [-0.2, 0) is 0 Å². The van der Waals surface area contributed by atoms with E-state index >= 15 is 0 Å². The van der Waals surface area contributed by atoms with Crippen molar-refractivity contribution in [1.29, 1.82) is 0 Å². The summed E-state index contributed by atoms with van der Waals surface area (Å²) < 4.78 is 0. The van der Waals surface area contributed by atoms with Crippen molar-refractivity contribution < 1.29 is 5.11 Å². The maximum atomic E-state index is 9.23. The monoisotopic (exact) mass is 162 g/mol. The predicted octanol–water partition coefficient (Wildman–Crippen LogP) is 3.14. The molecule has 0 heterocycles. The largest absolute Gasteiger partial charge is 0.508 e. The van der Waals surface area contributed by atoms with Gasteiger partial charge >= 0.3 is 0 Å². The van der Waals surface area contributed by atoms with E-state index in [1.807, 2.05) is 19.9 Å². The highest BCUT2D eigenvalue weighted by molar-refractivity contribution is 5.61. The molecule has 1 heteroatoms. The standard InChI is InChI=1S/C11H14O/c1-7-5-9(3)11(10(4)12)6-8(7)2/h5-6,12H,4H2,1-3H3. The minimum atomic E-state index is 0.149. The van der Waals surface area contributed by atoms with Crippen LogP contribution in [0.2, 0.25) is 0 Å². The van der Waals surface area contributed by atoms with Gasteiger partial charge in [0.15, 0.2) is 0 Å². The highest BCUT2D eigenvalue weighted by Gasteiger charge is 2.03. The zero-order valence-electron chi connectivity index (χ0n) is 7.81. The molecule has 0 aliphatic carbocycles. The first-order chi connectivity index (χ1) is 5.52. The summed E-state index contributed by atoms with van der Waals surface area (Å²) in [6.07, 6.45) is 0. The number of rotatable bonds is 1. The van der Waals surface area contributed by atoms with E-state index in [4.69, 9.17) is 0 Å². The predicted molar refractivity (Wildman–Crippen MR) is 52.3 cm³/mol. The minimum Gasteiger partial charge on any atom is -0.508 e. The third kappa shape index (κ3) is 1.50. The van der Waals surface area contributed by atoms with Crippen LogP contribution in [0.5, 0.6) is 0 Å². The molecule has 0 radical (unpaired) electrons. The van der Waals surface area contributed by atoms with Crippen LogP contribution in [0.15, 0.2) is 18.7 Å². The maximum absolute atomic E-state index is 9.23. The van der Waals surface area contributed by atoms with E-state index in [9.17, 15) is 5.11 Å². The molecule has 0 aliphatic heterocycles. The topological polar surface area (TPSA) is 20.2 Å². The van der Waals surface area contributed by atoms with Crippen molar-refractivity contribution in [3.05, 3.63) is 41.0 Å². The summed E-state index contributed by atoms with van der Waals surface area (Å²) in [7, 11) is 0. The second kappa shape index (κ2) is 3.02. The SMILES string of the molecule is C=C(O)c1cc(C)c(C)cc1C. The molecule has 1 rings (SSSR count). The zero-order chi connectivity index (χ0) is 9.30. The fraction of sp³-hybridized carbons (Fsp3) is 0.273. The summed E-state index contributed by atoms with van der Waals surface area (Å²) in [6, 6.07) is 4.03. The molecule has 0 aromatic heterocycles. The molecule has 1 aromatic rings. The van der Waals surface area contributed by atoms with E-state index in [-0.39, 0.29) is 5.76 Å². The molecule has 12 heavy (non-hydrogen) atoms. The number of hydrogen-bond acceptors (Lipinski definition) is 1. The van der Waals surface area contributed by atoms with Crippen LogP contribution in [0.3, 0.4) is 0 Å². The average molecular weight is 162 g/mol. The van der Waals surface area contributed by atoms with E-state index in [0.717, 1.165) is 11.1 Å². The van der Waals surface area contributed by atoms with Gasteiger partial charge in [0.1, 0.15) is 5.76 Å². The molecule has 0 atom stereocenters.